The van der Waals surface area contributed by atoms with Crippen LogP contribution in [0.5, 0.6) is 5.75 Å². The third-order valence-corrected chi connectivity index (χ3v) is 5.13. The molecule has 6 heteroatoms. The number of anilines is 1. The zero-order valence-corrected chi connectivity index (χ0v) is 15.6. The molecule has 1 aliphatic rings. The first-order valence-electron chi connectivity index (χ1n) is 8.27. The second-order valence-electron chi connectivity index (χ2n) is 6.42. The first-order valence-corrected chi connectivity index (χ1v) is 9.03. The molecular formula is C19H22Cl2N2O2. The van der Waals surface area contributed by atoms with Crippen LogP contribution < -0.4 is 10.5 Å². The lowest BCUT2D eigenvalue weighted by Crippen LogP contribution is -2.30. The fourth-order valence-electron chi connectivity index (χ4n) is 2.87. The van der Waals surface area contributed by atoms with Crippen LogP contribution in [0.4, 0.5) is 5.69 Å². The molecule has 0 radical (unpaired) electrons. The zero-order chi connectivity index (χ0) is 18.0. The summed E-state index contributed by atoms with van der Waals surface area (Å²) in [5, 5.41) is 11.4. The molecule has 1 unspecified atom stereocenters. The molecule has 3 N–H and O–H groups in total. The predicted octanol–water partition coefficient (Wildman–Crippen LogP) is 4.28. The molecule has 2 aromatic rings. The van der Waals surface area contributed by atoms with Gasteiger partial charge in [0.2, 0.25) is 0 Å². The summed E-state index contributed by atoms with van der Waals surface area (Å²) in [6, 6.07) is 11.9. The zero-order valence-electron chi connectivity index (χ0n) is 14.1. The van der Waals surface area contributed by atoms with E-state index in [0.29, 0.717) is 33.9 Å². The van der Waals surface area contributed by atoms with Crippen molar-refractivity contribution in [2.45, 2.75) is 31.5 Å². The number of aliphatic hydroxyl groups excluding tert-OH is 1. The van der Waals surface area contributed by atoms with Crippen LogP contribution in [-0.4, -0.2) is 29.7 Å². The van der Waals surface area contributed by atoms with E-state index < -0.39 is 6.10 Å². The second-order valence-corrected chi connectivity index (χ2v) is 7.24. The van der Waals surface area contributed by atoms with Crippen LogP contribution in [0, 0.1) is 0 Å². The molecule has 1 atom stereocenters. The number of nitrogen functional groups attached to an aromatic ring is 1. The van der Waals surface area contributed by atoms with Crippen molar-refractivity contribution in [3.63, 3.8) is 0 Å². The molecule has 0 amide bonds. The van der Waals surface area contributed by atoms with Crippen molar-refractivity contribution < 1.29 is 9.84 Å². The van der Waals surface area contributed by atoms with Gasteiger partial charge < -0.3 is 15.6 Å². The van der Waals surface area contributed by atoms with Crippen LogP contribution in [0.3, 0.4) is 0 Å². The van der Waals surface area contributed by atoms with Crippen molar-refractivity contribution in [2.75, 3.05) is 19.4 Å². The fourth-order valence-corrected chi connectivity index (χ4v) is 3.38. The minimum Gasteiger partial charge on any atom is -0.497 e. The molecule has 4 nitrogen and oxygen atoms in total. The van der Waals surface area contributed by atoms with E-state index in [4.69, 9.17) is 33.7 Å². The third kappa shape index (κ3) is 4.59. The van der Waals surface area contributed by atoms with Gasteiger partial charge in [0.05, 0.1) is 28.9 Å². The van der Waals surface area contributed by atoms with E-state index in [0.717, 1.165) is 25.1 Å². The smallest absolute Gasteiger partial charge is 0.118 e. The lowest BCUT2D eigenvalue weighted by molar-refractivity contribution is 0.104. The topological polar surface area (TPSA) is 58.7 Å². The molecule has 0 heterocycles. The van der Waals surface area contributed by atoms with Gasteiger partial charge in [-0.05, 0) is 48.2 Å². The van der Waals surface area contributed by atoms with Crippen molar-refractivity contribution in [2.24, 2.45) is 0 Å². The molecule has 134 valence electrons. The number of hydrogen-bond acceptors (Lipinski definition) is 4. The normalized spacial score (nSPS) is 15.4. The van der Waals surface area contributed by atoms with Gasteiger partial charge in [0.1, 0.15) is 5.75 Å². The summed E-state index contributed by atoms with van der Waals surface area (Å²) in [7, 11) is 1.66. The van der Waals surface area contributed by atoms with Gasteiger partial charge in [0.15, 0.2) is 0 Å². The number of benzene rings is 2. The maximum absolute atomic E-state index is 10.6. The van der Waals surface area contributed by atoms with Crippen LogP contribution >= 0.6 is 23.2 Å². The average Bonchev–Trinajstić information content (AvgIpc) is 3.44. The van der Waals surface area contributed by atoms with Gasteiger partial charge in [-0.2, -0.15) is 0 Å². The highest BCUT2D eigenvalue weighted by Gasteiger charge is 2.30. The molecule has 0 bridgehead atoms. The Bertz CT molecular complexity index is 710. The van der Waals surface area contributed by atoms with E-state index in [9.17, 15) is 5.11 Å². The van der Waals surface area contributed by atoms with Gasteiger partial charge in [-0.3, -0.25) is 4.90 Å². The Kier molecular flexibility index (Phi) is 5.74. The molecule has 2 aromatic carbocycles. The van der Waals surface area contributed by atoms with Gasteiger partial charge in [0.25, 0.3) is 0 Å². The number of hydrogen-bond donors (Lipinski definition) is 2. The monoisotopic (exact) mass is 380 g/mol. The third-order valence-electron chi connectivity index (χ3n) is 4.50. The number of ether oxygens (including phenoxy) is 1. The summed E-state index contributed by atoms with van der Waals surface area (Å²) in [6.45, 7) is 1.30. The van der Waals surface area contributed by atoms with E-state index in [1.54, 1.807) is 19.2 Å². The van der Waals surface area contributed by atoms with Gasteiger partial charge in [-0.15, -0.1) is 0 Å². The maximum Gasteiger partial charge on any atom is 0.118 e. The van der Waals surface area contributed by atoms with Gasteiger partial charge in [0, 0.05) is 19.1 Å². The summed E-state index contributed by atoms with van der Waals surface area (Å²) in [4.78, 5) is 2.30. The number of nitrogens with zero attached hydrogens (tertiary/aromatic N) is 1. The van der Waals surface area contributed by atoms with Crippen LogP contribution in [0.2, 0.25) is 10.0 Å². The van der Waals surface area contributed by atoms with Crippen LogP contribution in [0.1, 0.15) is 30.1 Å². The number of methoxy groups -OCH3 is 1. The average molecular weight is 381 g/mol. The van der Waals surface area contributed by atoms with Gasteiger partial charge >= 0.3 is 0 Å². The van der Waals surface area contributed by atoms with Crippen molar-refractivity contribution >= 4 is 28.9 Å². The Morgan fingerprint density at radius 3 is 2.32 bits per heavy atom. The Labute approximate surface area is 158 Å². The lowest BCUT2D eigenvalue weighted by Gasteiger charge is -2.25. The Hall–Kier alpha value is -1.46. The van der Waals surface area contributed by atoms with E-state index in [1.165, 1.54) is 5.56 Å². The summed E-state index contributed by atoms with van der Waals surface area (Å²) >= 11 is 12.2. The minimum absolute atomic E-state index is 0.344. The van der Waals surface area contributed by atoms with Gasteiger partial charge in [-0.25, -0.2) is 0 Å². The Balaban J connectivity index is 1.71. The Morgan fingerprint density at radius 2 is 1.80 bits per heavy atom. The largest absolute Gasteiger partial charge is 0.497 e. The Morgan fingerprint density at radius 1 is 1.20 bits per heavy atom. The number of aliphatic hydroxyl groups is 1. The van der Waals surface area contributed by atoms with E-state index in [-0.39, 0.29) is 0 Å². The lowest BCUT2D eigenvalue weighted by atomic mass is 10.1. The first kappa shape index (κ1) is 18.3. The summed E-state index contributed by atoms with van der Waals surface area (Å²) in [5.41, 5.74) is 7.99. The number of rotatable bonds is 7. The van der Waals surface area contributed by atoms with Crippen molar-refractivity contribution in [3.8, 4) is 5.75 Å². The molecule has 0 aliphatic heterocycles. The van der Waals surface area contributed by atoms with Crippen LogP contribution in [-0.2, 0) is 6.54 Å². The molecule has 1 fully saturated rings. The van der Waals surface area contributed by atoms with Crippen molar-refractivity contribution in [1.82, 2.24) is 4.90 Å². The quantitative estimate of drug-likeness (QED) is 0.703. The fraction of sp³-hybridized carbons (Fsp3) is 0.368. The highest BCUT2D eigenvalue weighted by Crippen LogP contribution is 2.34. The summed E-state index contributed by atoms with van der Waals surface area (Å²) in [5.74, 6) is 0.841. The standard InChI is InChI=1S/C19H22Cl2N2O2/c1-25-15-6-2-12(3-7-15)10-23(14-4-5-14)11-18(24)13-8-16(20)19(22)17(21)9-13/h2-3,6-9,14,18,24H,4-5,10-11,22H2,1H3. The molecule has 1 aliphatic carbocycles. The van der Waals surface area contributed by atoms with E-state index >= 15 is 0 Å². The number of nitrogens with two attached hydrogens (primary N) is 1. The van der Waals surface area contributed by atoms with E-state index in [2.05, 4.69) is 17.0 Å². The predicted molar refractivity (Wildman–Crippen MR) is 102 cm³/mol. The van der Waals surface area contributed by atoms with Crippen molar-refractivity contribution in [3.05, 3.63) is 57.6 Å². The first-order chi connectivity index (χ1) is 12.0. The molecule has 0 aromatic heterocycles. The molecule has 0 spiro atoms. The second kappa shape index (κ2) is 7.83. The maximum atomic E-state index is 10.6. The van der Waals surface area contributed by atoms with Crippen molar-refractivity contribution in [1.29, 1.82) is 0 Å². The molecular weight excluding hydrogens is 359 g/mol. The summed E-state index contributed by atoms with van der Waals surface area (Å²) < 4.78 is 5.20. The highest BCUT2D eigenvalue weighted by atomic mass is 35.5. The molecule has 3 rings (SSSR count). The molecule has 25 heavy (non-hydrogen) atoms. The SMILES string of the molecule is COc1ccc(CN(CC(O)c2cc(Cl)c(N)c(Cl)c2)C2CC2)cc1. The molecule has 0 saturated heterocycles. The van der Waals surface area contributed by atoms with Crippen LogP contribution in [0.25, 0.3) is 0 Å². The highest BCUT2D eigenvalue weighted by molar-refractivity contribution is 6.38. The minimum atomic E-state index is -0.672. The molecule has 1 saturated carbocycles. The van der Waals surface area contributed by atoms with Gasteiger partial charge in [-0.1, -0.05) is 35.3 Å². The van der Waals surface area contributed by atoms with E-state index in [1.807, 2.05) is 12.1 Å². The van der Waals surface area contributed by atoms with Crippen LogP contribution in [0.15, 0.2) is 36.4 Å². The number of halogens is 2. The summed E-state index contributed by atoms with van der Waals surface area (Å²) in [6.07, 6.45) is 1.65.